The maximum absolute atomic E-state index is 11.5. The van der Waals surface area contributed by atoms with Gasteiger partial charge in [0.25, 0.3) is 11.6 Å². The molecule has 0 spiro atoms. The summed E-state index contributed by atoms with van der Waals surface area (Å²) >= 11 is 0. The van der Waals surface area contributed by atoms with Crippen LogP contribution in [-0.2, 0) is 28.7 Å². The first-order valence-corrected chi connectivity index (χ1v) is 4.36. The van der Waals surface area contributed by atoms with E-state index in [-0.39, 0.29) is 0 Å². The lowest BCUT2D eigenvalue weighted by Gasteiger charge is -2.36. The topological polar surface area (TPSA) is 107 Å². The molecule has 1 rings (SSSR count). The van der Waals surface area contributed by atoms with Crippen LogP contribution in [0.3, 0.4) is 0 Å². The van der Waals surface area contributed by atoms with Crippen molar-refractivity contribution in [1.29, 1.82) is 0 Å². The van der Waals surface area contributed by atoms with E-state index in [1.54, 1.807) is 0 Å². The number of hydrogen-bond acceptors (Lipinski definition) is 6. The van der Waals surface area contributed by atoms with Crippen LogP contribution in [0.1, 0.15) is 20.8 Å². The first kappa shape index (κ1) is 12.2. The van der Waals surface area contributed by atoms with E-state index in [0.717, 1.165) is 6.92 Å². The van der Waals surface area contributed by atoms with Gasteiger partial charge in [-0.1, -0.05) is 0 Å². The van der Waals surface area contributed by atoms with E-state index in [4.69, 9.17) is 5.11 Å². The second-order valence-corrected chi connectivity index (χ2v) is 3.94. The molecule has 1 aliphatic rings. The quantitative estimate of drug-likeness (QED) is 0.386. The standard InChI is InChI=1S/C9H10O7/c1-8(2)15-6(13)9(3,7(14)16-8)4(10)5(11)12/h1-3H3,(H,11,12). The van der Waals surface area contributed by atoms with Crippen molar-refractivity contribution in [2.75, 3.05) is 0 Å². The Morgan fingerprint density at radius 2 is 1.44 bits per heavy atom. The Morgan fingerprint density at radius 3 is 1.75 bits per heavy atom. The van der Waals surface area contributed by atoms with Gasteiger partial charge in [0.05, 0.1) is 0 Å². The zero-order valence-corrected chi connectivity index (χ0v) is 8.90. The SMILES string of the molecule is CC1(C)OC(=O)C(C)(C(=O)C(=O)O)C(=O)O1. The summed E-state index contributed by atoms with van der Waals surface area (Å²) in [7, 11) is 0. The predicted octanol–water partition coefficient (Wildman–Crippen LogP) is -0.518. The van der Waals surface area contributed by atoms with E-state index in [2.05, 4.69) is 9.47 Å². The van der Waals surface area contributed by atoms with Gasteiger partial charge in [-0.2, -0.15) is 0 Å². The minimum absolute atomic E-state index is 0.864. The molecular weight excluding hydrogens is 220 g/mol. The molecule has 0 atom stereocenters. The summed E-state index contributed by atoms with van der Waals surface area (Å²) < 4.78 is 9.33. The highest BCUT2D eigenvalue weighted by molar-refractivity contribution is 6.44. The molecule has 7 heteroatoms. The molecule has 0 bridgehead atoms. The van der Waals surface area contributed by atoms with Gasteiger partial charge >= 0.3 is 17.9 Å². The van der Waals surface area contributed by atoms with Gasteiger partial charge in [-0.3, -0.25) is 14.4 Å². The maximum Gasteiger partial charge on any atom is 0.374 e. The van der Waals surface area contributed by atoms with E-state index < -0.39 is 34.9 Å². The summed E-state index contributed by atoms with van der Waals surface area (Å²) in [6, 6.07) is 0. The molecule has 0 saturated carbocycles. The van der Waals surface area contributed by atoms with Crippen LogP contribution in [0.4, 0.5) is 0 Å². The van der Waals surface area contributed by atoms with Crippen molar-refractivity contribution in [3.8, 4) is 0 Å². The van der Waals surface area contributed by atoms with Crippen molar-refractivity contribution in [3.05, 3.63) is 0 Å². The van der Waals surface area contributed by atoms with Crippen LogP contribution in [-0.4, -0.2) is 34.6 Å². The molecule has 0 unspecified atom stereocenters. The summed E-state index contributed by atoms with van der Waals surface area (Å²) in [5.41, 5.74) is -2.43. The number of ether oxygens (including phenoxy) is 2. The molecule has 1 aliphatic heterocycles. The lowest BCUT2D eigenvalue weighted by molar-refractivity contribution is -0.247. The second kappa shape index (κ2) is 3.29. The van der Waals surface area contributed by atoms with E-state index in [1.807, 2.05) is 0 Å². The Balaban J connectivity index is 3.16. The molecule has 0 aliphatic carbocycles. The Hall–Kier alpha value is -1.92. The largest absolute Gasteiger partial charge is 0.475 e. The van der Waals surface area contributed by atoms with Crippen molar-refractivity contribution < 1.29 is 33.8 Å². The zero-order valence-electron chi connectivity index (χ0n) is 8.90. The highest BCUT2D eigenvalue weighted by atomic mass is 16.7. The smallest absolute Gasteiger partial charge is 0.374 e. The number of ketones is 1. The molecule has 0 amide bonds. The number of rotatable bonds is 2. The first-order chi connectivity index (χ1) is 7.11. The molecule has 16 heavy (non-hydrogen) atoms. The third kappa shape index (κ3) is 1.64. The monoisotopic (exact) mass is 230 g/mol. The molecule has 1 fully saturated rings. The summed E-state index contributed by atoms with van der Waals surface area (Å²) in [6.45, 7) is 3.46. The predicted molar refractivity (Wildman–Crippen MR) is 47.0 cm³/mol. The first-order valence-electron chi connectivity index (χ1n) is 4.36. The summed E-state index contributed by atoms with van der Waals surface area (Å²) in [5, 5.41) is 8.50. The van der Waals surface area contributed by atoms with Crippen molar-refractivity contribution in [3.63, 3.8) is 0 Å². The third-order valence-corrected chi connectivity index (χ3v) is 2.14. The van der Waals surface area contributed by atoms with Crippen molar-refractivity contribution in [2.24, 2.45) is 5.41 Å². The van der Waals surface area contributed by atoms with Crippen LogP contribution in [0, 0.1) is 5.41 Å². The second-order valence-electron chi connectivity index (χ2n) is 3.94. The number of carbonyl (C=O) groups is 4. The van der Waals surface area contributed by atoms with E-state index in [1.165, 1.54) is 13.8 Å². The fourth-order valence-electron chi connectivity index (χ4n) is 1.15. The molecule has 1 saturated heterocycles. The van der Waals surface area contributed by atoms with Gasteiger partial charge in [0.1, 0.15) is 0 Å². The number of hydrogen-bond donors (Lipinski definition) is 1. The number of carboxylic acids is 1. The summed E-state index contributed by atoms with van der Waals surface area (Å²) in [4.78, 5) is 44.7. The maximum atomic E-state index is 11.5. The van der Waals surface area contributed by atoms with E-state index >= 15 is 0 Å². The van der Waals surface area contributed by atoms with Gasteiger partial charge in [-0.15, -0.1) is 0 Å². The van der Waals surface area contributed by atoms with Gasteiger partial charge in [0.2, 0.25) is 5.41 Å². The number of Topliss-reactive ketones (excluding diaryl/α,β-unsaturated/α-hetero) is 1. The van der Waals surface area contributed by atoms with Crippen molar-refractivity contribution in [1.82, 2.24) is 0 Å². The Bertz CT molecular complexity index is 373. The van der Waals surface area contributed by atoms with E-state index in [0.29, 0.717) is 0 Å². The average Bonchev–Trinajstić information content (AvgIpc) is 2.11. The number of esters is 2. The molecule has 0 aromatic heterocycles. The molecule has 1 heterocycles. The Kier molecular flexibility index (Phi) is 2.50. The number of cyclic esters (lactones) is 2. The summed E-state index contributed by atoms with van der Waals surface area (Å²) in [6.07, 6.45) is 0. The van der Waals surface area contributed by atoms with Crippen LogP contribution >= 0.6 is 0 Å². The van der Waals surface area contributed by atoms with Gasteiger partial charge in [0, 0.05) is 13.8 Å². The van der Waals surface area contributed by atoms with Gasteiger partial charge in [0.15, 0.2) is 0 Å². The fourth-order valence-corrected chi connectivity index (χ4v) is 1.15. The minimum Gasteiger partial charge on any atom is -0.475 e. The molecule has 7 nitrogen and oxygen atoms in total. The van der Waals surface area contributed by atoms with Gasteiger partial charge in [-0.25, -0.2) is 4.79 Å². The van der Waals surface area contributed by atoms with Crippen LogP contribution in [0.2, 0.25) is 0 Å². The highest BCUT2D eigenvalue weighted by Gasteiger charge is 2.60. The van der Waals surface area contributed by atoms with Crippen LogP contribution in [0.5, 0.6) is 0 Å². The number of carbonyl (C=O) groups excluding carboxylic acids is 3. The number of aliphatic carboxylic acids is 1. The third-order valence-electron chi connectivity index (χ3n) is 2.14. The molecule has 1 N–H and O–H groups in total. The molecule has 0 aromatic carbocycles. The molecular formula is C9H10O7. The molecule has 0 aromatic rings. The van der Waals surface area contributed by atoms with E-state index in [9.17, 15) is 19.2 Å². The van der Waals surface area contributed by atoms with Crippen molar-refractivity contribution >= 4 is 23.7 Å². The number of carboxylic acid groups (broad SMARTS) is 1. The zero-order chi connectivity index (χ0) is 12.7. The average molecular weight is 230 g/mol. The Labute approximate surface area is 90.3 Å². The van der Waals surface area contributed by atoms with Gasteiger partial charge < -0.3 is 14.6 Å². The molecule has 88 valence electrons. The van der Waals surface area contributed by atoms with Gasteiger partial charge in [-0.05, 0) is 6.92 Å². The highest BCUT2D eigenvalue weighted by Crippen LogP contribution is 2.32. The fraction of sp³-hybridized carbons (Fsp3) is 0.556. The van der Waals surface area contributed by atoms with Crippen LogP contribution in [0.15, 0.2) is 0 Å². The molecule has 0 radical (unpaired) electrons. The van der Waals surface area contributed by atoms with Crippen LogP contribution < -0.4 is 0 Å². The van der Waals surface area contributed by atoms with Crippen LogP contribution in [0.25, 0.3) is 0 Å². The van der Waals surface area contributed by atoms with Crippen molar-refractivity contribution in [2.45, 2.75) is 26.6 Å². The normalized spacial score (nSPS) is 21.9. The minimum atomic E-state index is -2.43. The lowest BCUT2D eigenvalue weighted by Crippen LogP contribution is -2.57. The summed E-state index contributed by atoms with van der Waals surface area (Å²) in [5.74, 6) is -7.40. The lowest BCUT2D eigenvalue weighted by atomic mass is 9.84. The Morgan fingerprint density at radius 1 is 1.06 bits per heavy atom.